The summed E-state index contributed by atoms with van der Waals surface area (Å²) in [6, 6.07) is 18.9. The van der Waals surface area contributed by atoms with Crippen LogP contribution in [-0.2, 0) is 11.3 Å². The average molecular weight is 360 g/mol. The molecule has 5 nitrogen and oxygen atoms in total. The molecule has 1 unspecified atom stereocenters. The topological polar surface area (TPSA) is 50.2 Å². The molecule has 0 spiro atoms. The molecule has 1 aliphatic rings. The summed E-state index contributed by atoms with van der Waals surface area (Å²) < 4.78 is 1.85. The van der Waals surface area contributed by atoms with Crippen LogP contribution in [0.1, 0.15) is 36.9 Å². The van der Waals surface area contributed by atoms with E-state index < -0.39 is 0 Å². The Morgan fingerprint density at radius 3 is 2.44 bits per heavy atom. The number of aromatic nitrogens is 2. The maximum atomic E-state index is 11.9. The number of nitrogens with one attached hydrogen (secondary N) is 1. The number of amides is 1. The van der Waals surface area contributed by atoms with Crippen molar-refractivity contribution in [2.24, 2.45) is 0 Å². The van der Waals surface area contributed by atoms with Crippen molar-refractivity contribution in [3.8, 4) is 5.69 Å². The third kappa shape index (κ3) is 3.93. The Kier molecular flexibility index (Phi) is 5.03. The Morgan fingerprint density at radius 2 is 1.81 bits per heavy atom. The molecule has 4 rings (SSSR count). The van der Waals surface area contributed by atoms with E-state index in [1.807, 2.05) is 21.8 Å². The first-order chi connectivity index (χ1) is 13.2. The number of hydrogen-bond acceptors (Lipinski definition) is 3. The van der Waals surface area contributed by atoms with Gasteiger partial charge in [0.2, 0.25) is 5.91 Å². The average Bonchev–Trinajstić information content (AvgIpc) is 3.38. The first-order valence-electron chi connectivity index (χ1n) is 9.43. The van der Waals surface area contributed by atoms with Gasteiger partial charge in [0.25, 0.3) is 0 Å². The van der Waals surface area contributed by atoms with E-state index in [4.69, 9.17) is 0 Å². The molecule has 1 N–H and O–H groups in total. The van der Waals surface area contributed by atoms with Crippen LogP contribution in [0.3, 0.4) is 0 Å². The van der Waals surface area contributed by atoms with Gasteiger partial charge < -0.3 is 10.2 Å². The molecule has 2 heterocycles. The van der Waals surface area contributed by atoms with E-state index in [1.165, 1.54) is 11.1 Å². The second kappa shape index (κ2) is 7.76. The smallest absolute Gasteiger partial charge is 0.227 e. The highest BCUT2D eigenvalue weighted by Crippen LogP contribution is 2.23. The van der Waals surface area contributed by atoms with E-state index in [9.17, 15) is 4.79 Å². The van der Waals surface area contributed by atoms with Gasteiger partial charge in [-0.3, -0.25) is 4.79 Å². The first-order valence-corrected chi connectivity index (χ1v) is 9.43. The highest BCUT2D eigenvalue weighted by molar-refractivity contribution is 5.95. The van der Waals surface area contributed by atoms with Crippen molar-refractivity contribution >= 4 is 11.6 Å². The molecule has 1 saturated heterocycles. The van der Waals surface area contributed by atoms with Gasteiger partial charge in [-0.1, -0.05) is 24.3 Å². The lowest BCUT2D eigenvalue weighted by molar-refractivity contribution is -0.117. The fourth-order valence-corrected chi connectivity index (χ4v) is 3.44. The first kappa shape index (κ1) is 17.5. The summed E-state index contributed by atoms with van der Waals surface area (Å²) in [5.41, 5.74) is 4.52. The van der Waals surface area contributed by atoms with Crippen LogP contribution >= 0.6 is 0 Å². The predicted molar refractivity (Wildman–Crippen MR) is 107 cm³/mol. The third-order valence-corrected chi connectivity index (χ3v) is 5.10. The lowest BCUT2D eigenvalue weighted by atomic mass is 10.1. The molecule has 0 bridgehead atoms. The largest absolute Gasteiger partial charge is 0.312 e. The number of benzene rings is 2. The Labute approximate surface area is 159 Å². The lowest BCUT2D eigenvalue weighted by Gasteiger charge is -2.18. The summed E-state index contributed by atoms with van der Waals surface area (Å²) in [7, 11) is 0. The molecule has 1 amide bonds. The zero-order chi connectivity index (χ0) is 18.6. The van der Waals surface area contributed by atoms with Crippen LogP contribution in [0, 0.1) is 0 Å². The van der Waals surface area contributed by atoms with Gasteiger partial charge >= 0.3 is 0 Å². The molecule has 1 aromatic heterocycles. The van der Waals surface area contributed by atoms with Crippen LogP contribution in [0.15, 0.2) is 67.0 Å². The molecule has 0 saturated carbocycles. The van der Waals surface area contributed by atoms with Gasteiger partial charge in [0.1, 0.15) is 0 Å². The fourth-order valence-electron chi connectivity index (χ4n) is 3.44. The molecule has 138 valence electrons. The maximum Gasteiger partial charge on any atom is 0.227 e. The van der Waals surface area contributed by atoms with E-state index >= 15 is 0 Å². The third-order valence-electron chi connectivity index (χ3n) is 5.10. The number of rotatable bonds is 6. The number of hydrogen-bond donors (Lipinski definition) is 1. The van der Waals surface area contributed by atoms with Crippen LogP contribution in [-0.4, -0.2) is 22.2 Å². The fraction of sp³-hybridized carbons (Fsp3) is 0.273. The van der Waals surface area contributed by atoms with Gasteiger partial charge in [-0.2, -0.15) is 5.10 Å². The summed E-state index contributed by atoms with van der Waals surface area (Å²) in [6.07, 6.45) is 5.34. The van der Waals surface area contributed by atoms with Gasteiger partial charge in [-0.15, -0.1) is 0 Å². The summed E-state index contributed by atoms with van der Waals surface area (Å²) in [6.45, 7) is 3.79. The van der Waals surface area contributed by atoms with Crippen molar-refractivity contribution in [3.05, 3.63) is 78.1 Å². The second-order valence-electron chi connectivity index (χ2n) is 6.96. The zero-order valence-electron chi connectivity index (χ0n) is 15.5. The van der Waals surface area contributed by atoms with E-state index in [-0.39, 0.29) is 11.9 Å². The molecule has 1 aliphatic heterocycles. The summed E-state index contributed by atoms with van der Waals surface area (Å²) in [5.74, 6) is 0.229. The van der Waals surface area contributed by atoms with Gasteiger partial charge in [0.05, 0.1) is 5.69 Å². The number of carbonyl (C=O) groups is 1. The minimum absolute atomic E-state index is 0.229. The molecule has 3 aromatic rings. The molecular formula is C22H24N4O. The molecular weight excluding hydrogens is 336 g/mol. The predicted octanol–water partition coefficient (Wildman–Crippen LogP) is 3.85. The van der Waals surface area contributed by atoms with Crippen molar-refractivity contribution < 1.29 is 4.79 Å². The van der Waals surface area contributed by atoms with E-state index in [0.29, 0.717) is 6.42 Å². The van der Waals surface area contributed by atoms with Gasteiger partial charge in [-0.05, 0) is 54.8 Å². The quantitative estimate of drug-likeness (QED) is 0.726. The second-order valence-corrected chi connectivity index (χ2v) is 6.96. The molecule has 1 fully saturated rings. The van der Waals surface area contributed by atoms with Crippen LogP contribution < -0.4 is 10.2 Å². The Hall–Kier alpha value is -2.92. The highest BCUT2D eigenvalue weighted by atomic mass is 16.2. The van der Waals surface area contributed by atoms with Crippen molar-refractivity contribution in [2.75, 3.05) is 11.4 Å². The molecule has 0 aliphatic carbocycles. The Morgan fingerprint density at radius 1 is 1.07 bits per heavy atom. The lowest BCUT2D eigenvalue weighted by Crippen LogP contribution is -2.23. The van der Waals surface area contributed by atoms with Crippen molar-refractivity contribution in [1.29, 1.82) is 0 Å². The van der Waals surface area contributed by atoms with Crippen molar-refractivity contribution in [2.45, 2.75) is 32.4 Å². The monoisotopic (exact) mass is 360 g/mol. The van der Waals surface area contributed by atoms with Gasteiger partial charge in [0, 0.05) is 43.6 Å². The van der Waals surface area contributed by atoms with E-state index in [0.717, 1.165) is 30.9 Å². The molecule has 5 heteroatoms. The van der Waals surface area contributed by atoms with E-state index in [2.05, 4.69) is 65.9 Å². The SMILES string of the molecule is CC(NCc1ccc(-n2cccn2)cc1)c1ccc(N2CCCC2=O)cc1. The highest BCUT2D eigenvalue weighted by Gasteiger charge is 2.21. The van der Waals surface area contributed by atoms with E-state index in [1.54, 1.807) is 6.20 Å². The standard InChI is InChI=1S/C22H24N4O/c1-17(19-7-11-20(12-8-19)25-14-2-4-22(25)27)23-16-18-5-9-21(10-6-18)26-15-3-13-24-26/h3,5-13,15,17,23H,2,4,14,16H2,1H3. The van der Waals surface area contributed by atoms with Crippen LogP contribution in [0.25, 0.3) is 5.69 Å². The number of anilines is 1. The molecule has 27 heavy (non-hydrogen) atoms. The Bertz CT molecular complexity index is 885. The van der Waals surface area contributed by atoms with Crippen LogP contribution in [0.5, 0.6) is 0 Å². The number of carbonyl (C=O) groups excluding carboxylic acids is 1. The number of nitrogens with zero attached hydrogens (tertiary/aromatic N) is 3. The maximum absolute atomic E-state index is 11.9. The van der Waals surface area contributed by atoms with Crippen molar-refractivity contribution in [1.82, 2.24) is 15.1 Å². The summed E-state index contributed by atoms with van der Waals surface area (Å²) in [5, 5.41) is 7.81. The van der Waals surface area contributed by atoms with Crippen molar-refractivity contribution in [3.63, 3.8) is 0 Å². The zero-order valence-corrected chi connectivity index (χ0v) is 15.5. The van der Waals surface area contributed by atoms with Gasteiger partial charge in [-0.25, -0.2) is 4.68 Å². The minimum atomic E-state index is 0.229. The molecule has 2 aromatic carbocycles. The van der Waals surface area contributed by atoms with Gasteiger partial charge in [0.15, 0.2) is 0 Å². The minimum Gasteiger partial charge on any atom is -0.312 e. The molecule has 1 atom stereocenters. The normalized spacial score (nSPS) is 15.3. The molecule has 0 radical (unpaired) electrons. The summed E-state index contributed by atoms with van der Waals surface area (Å²) >= 11 is 0. The Balaban J connectivity index is 1.35. The van der Waals surface area contributed by atoms with Crippen LogP contribution in [0.4, 0.5) is 5.69 Å². The van der Waals surface area contributed by atoms with Crippen LogP contribution in [0.2, 0.25) is 0 Å². The summed E-state index contributed by atoms with van der Waals surface area (Å²) in [4.78, 5) is 13.7.